The third-order valence-electron chi connectivity index (χ3n) is 2.60. The molecule has 0 aliphatic carbocycles. The van der Waals surface area contributed by atoms with Crippen LogP contribution >= 0.6 is 15.9 Å². The lowest BCUT2D eigenvalue weighted by Gasteiger charge is -2.02. The smallest absolute Gasteiger partial charge is 0.0963 e. The van der Waals surface area contributed by atoms with Crippen LogP contribution in [0.1, 0.15) is 30.3 Å². The van der Waals surface area contributed by atoms with E-state index in [0.29, 0.717) is 4.83 Å². The van der Waals surface area contributed by atoms with Crippen LogP contribution < -0.4 is 0 Å². The fourth-order valence-electron chi connectivity index (χ4n) is 1.61. The molecule has 0 bridgehead atoms. The van der Waals surface area contributed by atoms with Crippen LogP contribution in [-0.4, -0.2) is 24.5 Å². The van der Waals surface area contributed by atoms with Gasteiger partial charge >= 0.3 is 0 Å². The van der Waals surface area contributed by atoms with Gasteiger partial charge in [0, 0.05) is 31.7 Å². The average molecular weight is 298 g/mol. The number of aryl methyl sites for hydroxylation is 2. The Bertz CT molecular complexity index is 436. The third kappa shape index (κ3) is 3.39. The minimum atomic E-state index is 0.310. The van der Waals surface area contributed by atoms with Crippen LogP contribution in [0.5, 0.6) is 0 Å². The molecule has 2 aromatic heterocycles. The van der Waals surface area contributed by atoms with Crippen molar-refractivity contribution in [3.05, 3.63) is 30.6 Å². The first-order valence-corrected chi connectivity index (χ1v) is 6.71. The first-order chi connectivity index (χ1) is 8.29. The number of imidazole rings is 1. The standard InChI is InChI=1S/C11H16BrN5/c1-2-10(12)11-8-17(15-14-11)6-3-5-16-7-4-13-9-16/h4,7-10H,2-3,5-6H2,1H3. The Morgan fingerprint density at radius 1 is 1.41 bits per heavy atom. The van der Waals surface area contributed by atoms with Crippen molar-refractivity contribution < 1.29 is 0 Å². The minimum absolute atomic E-state index is 0.310. The van der Waals surface area contributed by atoms with Gasteiger partial charge in [0.1, 0.15) is 0 Å². The molecule has 2 heterocycles. The number of halogens is 1. The Kier molecular flexibility index (Phi) is 4.30. The molecule has 0 aliphatic rings. The number of rotatable bonds is 6. The summed E-state index contributed by atoms with van der Waals surface area (Å²) in [7, 11) is 0. The summed E-state index contributed by atoms with van der Waals surface area (Å²) < 4.78 is 3.97. The van der Waals surface area contributed by atoms with Gasteiger partial charge in [0.15, 0.2) is 0 Å². The molecule has 0 saturated heterocycles. The van der Waals surface area contributed by atoms with Crippen molar-refractivity contribution in [1.29, 1.82) is 0 Å². The van der Waals surface area contributed by atoms with Gasteiger partial charge in [-0.1, -0.05) is 28.1 Å². The molecule has 2 aromatic rings. The van der Waals surface area contributed by atoms with Crippen molar-refractivity contribution in [2.75, 3.05) is 0 Å². The summed E-state index contributed by atoms with van der Waals surface area (Å²) in [5.41, 5.74) is 1.01. The number of aromatic nitrogens is 5. The summed E-state index contributed by atoms with van der Waals surface area (Å²) in [4.78, 5) is 4.32. The van der Waals surface area contributed by atoms with E-state index in [-0.39, 0.29) is 0 Å². The van der Waals surface area contributed by atoms with Gasteiger partial charge in [-0.05, 0) is 12.8 Å². The maximum atomic E-state index is 4.15. The van der Waals surface area contributed by atoms with Crippen molar-refractivity contribution in [3.8, 4) is 0 Å². The van der Waals surface area contributed by atoms with Gasteiger partial charge in [0.25, 0.3) is 0 Å². The summed E-state index contributed by atoms with van der Waals surface area (Å²) in [5, 5.41) is 8.27. The Labute approximate surface area is 109 Å². The summed E-state index contributed by atoms with van der Waals surface area (Å²) in [6.07, 6.45) is 9.66. The normalized spacial score (nSPS) is 12.8. The quantitative estimate of drug-likeness (QED) is 0.769. The van der Waals surface area contributed by atoms with E-state index in [1.165, 1.54) is 0 Å². The van der Waals surface area contributed by atoms with Gasteiger partial charge in [0.2, 0.25) is 0 Å². The van der Waals surface area contributed by atoms with E-state index in [2.05, 4.69) is 42.7 Å². The van der Waals surface area contributed by atoms with Crippen molar-refractivity contribution >= 4 is 15.9 Å². The van der Waals surface area contributed by atoms with Gasteiger partial charge in [0.05, 0.1) is 16.8 Å². The van der Waals surface area contributed by atoms with Crippen LogP contribution in [0.2, 0.25) is 0 Å². The number of hydrogen-bond donors (Lipinski definition) is 0. The highest BCUT2D eigenvalue weighted by molar-refractivity contribution is 9.09. The fourth-order valence-corrected chi connectivity index (χ4v) is 1.82. The molecule has 0 radical (unpaired) electrons. The van der Waals surface area contributed by atoms with Gasteiger partial charge in [-0.2, -0.15) is 0 Å². The van der Waals surface area contributed by atoms with E-state index < -0.39 is 0 Å². The molecule has 0 fully saturated rings. The number of nitrogens with zero attached hydrogens (tertiary/aromatic N) is 5. The number of alkyl halides is 1. The first kappa shape index (κ1) is 12.3. The molecule has 0 aliphatic heterocycles. The zero-order chi connectivity index (χ0) is 12.1. The SMILES string of the molecule is CCC(Br)c1cn(CCCn2ccnc2)nn1. The average Bonchev–Trinajstić information content (AvgIpc) is 2.99. The van der Waals surface area contributed by atoms with Crippen molar-refractivity contribution in [2.24, 2.45) is 0 Å². The molecule has 5 nitrogen and oxygen atoms in total. The zero-order valence-electron chi connectivity index (χ0n) is 9.83. The van der Waals surface area contributed by atoms with Crippen LogP contribution in [0.25, 0.3) is 0 Å². The molecular weight excluding hydrogens is 282 g/mol. The predicted octanol–water partition coefficient (Wildman–Crippen LogP) is 2.41. The molecule has 0 spiro atoms. The topological polar surface area (TPSA) is 48.5 Å². The molecule has 17 heavy (non-hydrogen) atoms. The lowest BCUT2D eigenvalue weighted by Crippen LogP contribution is -2.03. The van der Waals surface area contributed by atoms with E-state index in [0.717, 1.165) is 31.6 Å². The predicted molar refractivity (Wildman–Crippen MR) is 68.8 cm³/mol. The Morgan fingerprint density at radius 2 is 2.29 bits per heavy atom. The van der Waals surface area contributed by atoms with Crippen LogP contribution in [0.4, 0.5) is 0 Å². The highest BCUT2D eigenvalue weighted by Crippen LogP contribution is 2.23. The summed E-state index contributed by atoms with van der Waals surface area (Å²) in [6.45, 7) is 3.97. The second kappa shape index (κ2) is 5.95. The van der Waals surface area contributed by atoms with Crippen LogP contribution in [-0.2, 0) is 13.1 Å². The van der Waals surface area contributed by atoms with Crippen LogP contribution in [0.3, 0.4) is 0 Å². The molecule has 2 rings (SSSR count). The summed E-state index contributed by atoms with van der Waals surface area (Å²) in [5.74, 6) is 0. The number of hydrogen-bond acceptors (Lipinski definition) is 3. The van der Waals surface area contributed by atoms with E-state index in [1.807, 2.05) is 23.4 Å². The molecule has 0 amide bonds. The molecule has 1 atom stereocenters. The highest BCUT2D eigenvalue weighted by atomic mass is 79.9. The Balaban J connectivity index is 1.81. The van der Waals surface area contributed by atoms with Crippen molar-refractivity contribution in [1.82, 2.24) is 24.5 Å². The zero-order valence-corrected chi connectivity index (χ0v) is 11.4. The lowest BCUT2D eigenvalue weighted by molar-refractivity contribution is 0.514. The molecule has 0 saturated carbocycles. The van der Waals surface area contributed by atoms with E-state index in [1.54, 1.807) is 6.20 Å². The monoisotopic (exact) mass is 297 g/mol. The van der Waals surface area contributed by atoms with E-state index in [9.17, 15) is 0 Å². The maximum Gasteiger partial charge on any atom is 0.0963 e. The second-order valence-electron chi connectivity index (χ2n) is 3.94. The fraction of sp³-hybridized carbons (Fsp3) is 0.545. The Morgan fingerprint density at radius 3 is 3.00 bits per heavy atom. The third-order valence-corrected chi connectivity index (χ3v) is 3.72. The molecular formula is C11H16BrN5. The first-order valence-electron chi connectivity index (χ1n) is 5.79. The van der Waals surface area contributed by atoms with Gasteiger partial charge in [-0.3, -0.25) is 4.68 Å². The van der Waals surface area contributed by atoms with E-state index >= 15 is 0 Å². The molecule has 92 valence electrons. The lowest BCUT2D eigenvalue weighted by atomic mass is 10.3. The maximum absolute atomic E-state index is 4.15. The Hall–Kier alpha value is -1.17. The summed E-state index contributed by atoms with van der Waals surface area (Å²) in [6, 6.07) is 0. The molecule has 0 N–H and O–H groups in total. The van der Waals surface area contributed by atoms with E-state index in [4.69, 9.17) is 0 Å². The van der Waals surface area contributed by atoms with Crippen LogP contribution in [0.15, 0.2) is 24.9 Å². The van der Waals surface area contributed by atoms with Gasteiger partial charge < -0.3 is 4.57 Å². The van der Waals surface area contributed by atoms with Gasteiger partial charge in [-0.15, -0.1) is 5.10 Å². The molecule has 0 aromatic carbocycles. The molecule has 6 heteroatoms. The minimum Gasteiger partial charge on any atom is -0.337 e. The van der Waals surface area contributed by atoms with Crippen molar-refractivity contribution in [3.63, 3.8) is 0 Å². The van der Waals surface area contributed by atoms with Gasteiger partial charge in [-0.25, -0.2) is 4.98 Å². The highest BCUT2D eigenvalue weighted by Gasteiger charge is 2.08. The molecule has 1 unspecified atom stereocenters. The summed E-state index contributed by atoms with van der Waals surface area (Å²) >= 11 is 3.57. The second-order valence-corrected chi connectivity index (χ2v) is 5.04. The van der Waals surface area contributed by atoms with Crippen molar-refractivity contribution in [2.45, 2.75) is 37.7 Å². The largest absolute Gasteiger partial charge is 0.337 e. The van der Waals surface area contributed by atoms with Crippen LogP contribution in [0, 0.1) is 0 Å².